The molecule has 1 aromatic carbocycles. The van der Waals surface area contributed by atoms with E-state index in [-0.39, 0.29) is 11.8 Å². The highest BCUT2D eigenvalue weighted by atomic mass is 16.5. The molecular formula is C17H21NO3. The molecule has 1 aliphatic rings. The van der Waals surface area contributed by atoms with Gasteiger partial charge in [0.2, 0.25) is 0 Å². The first-order valence-electron chi connectivity index (χ1n) is 7.50. The largest absolute Gasteiger partial charge is 0.497 e. The van der Waals surface area contributed by atoms with Gasteiger partial charge in [-0.05, 0) is 49.4 Å². The van der Waals surface area contributed by atoms with Crippen molar-refractivity contribution in [3.8, 4) is 5.75 Å². The normalized spacial score (nSPS) is 21.2. The Labute approximate surface area is 124 Å². The van der Waals surface area contributed by atoms with Gasteiger partial charge in [-0.3, -0.25) is 4.79 Å². The molecule has 1 aliphatic carbocycles. The third-order valence-corrected chi connectivity index (χ3v) is 4.89. The Morgan fingerprint density at radius 2 is 2.29 bits per heavy atom. The average molecular weight is 287 g/mol. The maximum Gasteiger partial charge on any atom is 0.304 e. The quantitative estimate of drug-likeness (QED) is 0.902. The van der Waals surface area contributed by atoms with Crippen molar-refractivity contribution in [2.24, 2.45) is 0 Å². The number of H-pyrrole nitrogens is 1. The van der Waals surface area contributed by atoms with Crippen LogP contribution in [0.25, 0.3) is 10.9 Å². The lowest BCUT2D eigenvalue weighted by atomic mass is 9.69. The molecule has 0 saturated carbocycles. The van der Waals surface area contributed by atoms with Crippen molar-refractivity contribution < 1.29 is 14.6 Å². The number of aryl methyl sites for hydroxylation is 1. The third-order valence-electron chi connectivity index (χ3n) is 4.89. The van der Waals surface area contributed by atoms with E-state index in [1.54, 1.807) is 7.11 Å². The topological polar surface area (TPSA) is 62.3 Å². The molecule has 1 aromatic heterocycles. The lowest BCUT2D eigenvalue weighted by Crippen LogP contribution is -2.33. The lowest BCUT2D eigenvalue weighted by Gasteiger charge is -2.35. The molecule has 0 aliphatic heterocycles. The number of hydrogen-bond donors (Lipinski definition) is 2. The fraction of sp³-hybridized carbons (Fsp3) is 0.471. The van der Waals surface area contributed by atoms with Gasteiger partial charge in [0, 0.05) is 22.0 Å². The molecule has 2 aromatic rings. The summed E-state index contributed by atoms with van der Waals surface area (Å²) in [5.74, 6) is 0.121. The summed E-state index contributed by atoms with van der Waals surface area (Å²) in [5, 5.41) is 10.5. The zero-order valence-corrected chi connectivity index (χ0v) is 12.5. The minimum atomic E-state index is -0.721. The number of aromatic nitrogens is 1. The van der Waals surface area contributed by atoms with Crippen LogP contribution in [-0.4, -0.2) is 23.2 Å². The molecule has 0 spiro atoms. The van der Waals surface area contributed by atoms with Crippen molar-refractivity contribution in [3.63, 3.8) is 0 Å². The molecule has 0 unspecified atom stereocenters. The van der Waals surface area contributed by atoms with Crippen LogP contribution in [0.4, 0.5) is 0 Å². The summed E-state index contributed by atoms with van der Waals surface area (Å²) in [5.41, 5.74) is 3.22. The minimum Gasteiger partial charge on any atom is -0.497 e. The smallest absolute Gasteiger partial charge is 0.304 e. The highest BCUT2D eigenvalue weighted by Crippen LogP contribution is 2.45. The van der Waals surface area contributed by atoms with E-state index in [4.69, 9.17) is 4.74 Å². The second-order valence-corrected chi connectivity index (χ2v) is 5.95. The summed E-state index contributed by atoms with van der Waals surface area (Å²) in [4.78, 5) is 14.8. The Hall–Kier alpha value is -1.97. The fourth-order valence-corrected chi connectivity index (χ4v) is 3.74. The van der Waals surface area contributed by atoms with Crippen molar-refractivity contribution in [1.29, 1.82) is 0 Å². The molecule has 3 rings (SSSR count). The number of nitrogens with one attached hydrogen (secondary N) is 1. The van der Waals surface area contributed by atoms with Gasteiger partial charge < -0.3 is 14.8 Å². The van der Waals surface area contributed by atoms with E-state index in [1.807, 2.05) is 12.1 Å². The van der Waals surface area contributed by atoms with Gasteiger partial charge in [0.25, 0.3) is 0 Å². The van der Waals surface area contributed by atoms with E-state index < -0.39 is 5.97 Å². The molecule has 0 amide bonds. The van der Waals surface area contributed by atoms with Gasteiger partial charge >= 0.3 is 5.97 Å². The van der Waals surface area contributed by atoms with Crippen molar-refractivity contribution >= 4 is 16.9 Å². The number of rotatable bonds is 4. The molecule has 0 radical (unpaired) electrons. The molecule has 1 atom stereocenters. The predicted octanol–water partition coefficient (Wildman–Crippen LogP) is 3.64. The second-order valence-electron chi connectivity index (χ2n) is 5.95. The van der Waals surface area contributed by atoms with Crippen molar-refractivity contribution in [2.45, 2.75) is 44.4 Å². The van der Waals surface area contributed by atoms with Crippen molar-refractivity contribution in [3.05, 3.63) is 29.5 Å². The standard InChI is InChI=1S/C17H21NO3/c1-3-17(10-15(19)20)8-4-5-12-13-9-11(21-2)6-7-14(13)18-16(12)17/h6-7,9,18H,3-5,8,10H2,1-2H3,(H,19,20)/t17-/m1/s1. The average Bonchev–Trinajstić information content (AvgIpc) is 2.86. The van der Waals surface area contributed by atoms with Crippen LogP contribution in [0.3, 0.4) is 0 Å². The van der Waals surface area contributed by atoms with E-state index in [0.717, 1.165) is 42.6 Å². The molecule has 4 heteroatoms. The SMILES string of the molecule is CC[C@]1(CC(=O)O)CCCc2c1[nH]c1ccc(OC)cc21. The summed E-state index contributed by atoms with van der Waals surface area (Å²) >= 11 is 0. The molecule has 4 nitrogen and oxygen atoms in total. The molecule has 0 bridgehead atoms. The number of benzene rings is 1. The molecule has 21 heavy (non-hydrogen) atoms. The fourth-order valence-electron chi connectivity index (χ4n) is 3.74. The van der Waals surface area contributed by atoms with Gasteiger partial charge in [-0.2, -0.15) is 0 Å². The summed E-state index contributed by atoms with van der Waals surface area (Å²) in [6, 6.07) is 6.01. The van der Waals surface area contributed by atoms with E-state index in [1.165, 1.54) is 10.9 Å². The predicted molar refractivity (Wildman–Crippen MR) is 82.0 cm³/mol. The second kappa shape index (κ2) is 5.10. The van der Waals surface area contributed by atoms with E-state index >= 15 is 0 Å². The number of fused-ring (bicyclic) bond motifs is 3. The molecule has 1 heterocycles. The number of carboxylic acids is 1. The van der Waals surface area contributed by atoms with E-state index in [2.05, 4.69) is 18.0 Å². The third kappa shape index (κ3) is 2.19. The van der Waals surface area contributed by atoms with Crippen LogP contribution >= 0.6 is 0 Å². The minimum absolute atomic E-state index is 0.195. The number of aliphatic carboxylic acids is 1. The number of aromatic amines is 1. The zero-order valence-electron chi connectivity index (χ0n) is 12.5. The summed E-state index contributed by atoms with van der Waals surface area (Å²) < 4.78 is 5.32. The van der Waals surface area contributed by atoms with Gasteiger partial charge in [-0.1, -0.05) is 6.92 Å². The Balaban J connectivity index is 2.19. The number of methoxy groups -OCH3 is 1. The zero-order chi connectivity index (χ0) is 15.0. The lowest BCUT2D eigenvalue weighted by molar-refractivity contribution is -0.138. The highest BCUT2D eigenvalue weighted by molar-refractivity contribution is 5.87. The van der Waals surface area contributed by atoms with Crippen molar-refractivity contribution in [1.82, 2.24) is 4.98 Å². The molecular weight excluding hydrogens is 266 g/mol. The maximum absolute atomic E-state index is 11.3. The van der Waals surface area contributed by atoms with Crippen LogP contribution in [-0.2, 0) is 16.6 Å². The van der Waals surface area contributed by atoms with Crippen LogP contribution in [0, 0.1) is 0 Å². The number of ether oxygens (including phenoxy) is 1. The van der Waals surface area contributed by atoms with E-state index in [0.29, 0.717) is 0 Å². The Morgan fingerprint density at radius 1 is 1.48 bits per heavy atom. The first kappa shape index (κ1) is 14.0. The first-order chi connectivity index (χ1) is 10.1. The molecule has 2 N–H and O–H groups in total. The van der Waals surface area contributed by atoms with Crippen LogP contribution in [0.5, 0.6) is 5.75 Å². The number of carbonyl (C=O) groups is 1. The van der Waals surface area contributed by atoms with Gasteiger partial charge in [0.1, 0.15) is 5.75 Å². The van der Waals surface area contributed by atoms with Gasteiger partial charge in [-0.25, -0.2) is 0 Å². The van der Waals surface area contributed by atoms with Crippen LogP contribution in [0.2, 0.25) is 0 Å². The van der Waals surface area contributed by atoms with Crippen LogP contribution in [0.1, 0.15) is 43.9 Å². The molecule has 0 saturated heterocycles. The Morgan fingerprint density at radius 3 is 2.95 bits per heavy atom. The summed E-state index contributed by atoms with van der Waals surface area (Å²) in [7, 11) is 1.67. The molecule has 0 fully saturated rings. The highest BCUT2D eigenvalue weighted by Gasteiger charge is 2.39. The summed E-state index contributed by atoms with van der Waals surface area (Å²) in [6.45, 7) is 2.09. The monoisotopic (exact) mass is 287 g/mol. The van der Waals surface area contributed by atoms with Gasteiger partial charge in [-0.15, -0.1) is 0 Å². The Kier molecular flexibility index (Phi) is 3.40. The summed E-state index contributed by atoms with van der Waals surface area (Å²) in [6.07, 6.45) is 4.02. The number of carboxylic acid groups (broad SMARTS) is 1. The van der Waals surface area contributed by atoms with Crippen LogP contribution in [0.15, 0.2) is 18.2 Å². The first-order valence-corrected chi connectivity index (χ1v) is 7.50. The molecule has 112 valence electrons. The maximum atomic E-state index is 11.3. The van der Waals surface area contributed by atoms with Gasteiger partial charge in [0.15, 0.2) is 0 Å². The van der Waals surface area contributed by atoms with Crippen molar-refractivity contribution in [2.75, 3.05) is 7.11 Å². The Bertz CT molecular complexity index is 689. The van der Waals surface area contributed by atoms with Crippen LogP contribution < -0.4 is 4.74 Å². The van der Waals surface area contributed by atoms with E-state index in [9.17, 15) is 9.90 Å². The number of hydrogen-bond acceptors (Lipinski definition) is 2. The van der Waals surface area contributed by atoms with Gasteiger partial charge in [0.05, 0.1) is 13.5 Å².